The van der Waals surface area contributed by atoms with Gasteiger partial charge in [0, 0.05) is 11.8 Å². The van der Waals surface area contributed by atoms with Crippen LogP contribution in [0.25, 0.3) is 22.6 Å². The van der Waals surface area contributed by atoms with Crippen molar-refractivity contribution in [3.05, 3.63) is 54.6 Å². The Labute approximate surface area is 96.9 Å². The Morgan fingerprint density at radius 1 is 0.941 bits per heavy atom. The van der Waals surface area contributed by atoms with E-state index in [2.05, 4.69) is 10.2 Å². The number of H-pyrrole nitrogens is 1. The number of nitrogens with zero attached hydrogens (tertiary/aromatic N) is 1. The molecule has 2 heterocycles. The first-order chi connectivity index (χ1) is 8.33. The maximum Gasteiger partial charge on any atom is 0.137 e. The average Bonchev–Trinajstić information content (AvgIpc) is 3.00. The minimum Gasteiger partial charge on any atom is -0.456 e. The van der Waals surface area contributed by atoms with Crippen LogP contribution in [-0.4, -0.2) is 10.2 Å². The van der Waals surface area contributed by atoms with Crippen molar-refractivity contribution >= 4 is 0 Å². The molecule has 3 rings (SSSR count). The molecule has 0 fully saturated rings. The van der Waals surface area contributed by atoms with Crippen molar-refractivity contribution in [1.29, 1.82) is 0 Å². The third kappa shape index (κ3) is 1.85. The SMILES string of the molecule is Fc1ccc(-c2ccc(-c3cn[nH]c3)o2)cc1. The number of hydrogen-bond acceptors (Lipinski definition) is 2. The van der Waals surface area contributed by atoms with Gasteiger partial charge in [-0.1, -0.05) is 0 Å². The monoisotopic (exact) mass is 228 g/mol. The Hall–Kier alpha value is -2.36. The van der Waals surface area contributed by atoms with Crippen molar-refractivity contribution < 1.29 is 8.81 Å². The summed E-state index contributed by atoms with van der Waals surface area (Å²) in [7, 11) is 0. The molecule has 3 aromatic rings. The van der Waals surface area contributed by atoms with Gasteiger partial charge in [0.05, 0.1) is 11.8 Å². The molecule has 2 aromatic heterocycles. The fraction of sp³-hybridized carbons (Fsp3) is 0. The number of benzene rings is 1. The van der Waals surface area contributed by atoms with Crippen LogP contribution in [0.2, 0.25) is 0 Å². The number of nitrogens with one attached hydrogen (secondary N) is 1. The molecule has 0 aliphatic carbocycles. The zero-order chi connectivity index (χ0) is 11.7. The number of aromatic nitrogens is 2. The van der Waals surface area contributed by atoms with E-state index in [-0.39, 0.29) is 5.82 Å². The van der Waals surface area contributed by atoms with Gasteiger partial charge in [-0.15, -0.1) is 0 Å². The fourth-order valence-electron chi connectivity index (χ4n) is 1.65. The molecule has 0 saturated heterocycles. The van der Waals surface area contributed by atoms with Crippen LogP contribution in [0.4, 0.5) is 4.39 Å². The molecule has 1 aromatic carbocycles. The van der Waals surface area contributed by atoms with E-state index in [1.54, 1.807) is 24.5 Å². The van der Waals surface area contributed by atoms with Gasteiger partial charge in [0.1, 0.15) is 17.3 Å². The molecule has 0 bridgehead atoms. The molecule has 17 heavy (non-hydrogen) atoms. The summed E-state index contributed by atoms with van der Waals surface area (Å²) in [5.41, 5.74) is 1.74. The Bertz CT molecular complexity index is 611. The topological polar surface area (TPSA) is 41.8 Å². The maximum atomic E-state index is 12.8. The number of halogens is 1. The summed E-state index contributed by atoms with van der Waals surface area (Å²) in [4.78, 5) is 0. The molecule has 4 heteroatoms. The highest BCUT2D eigenvalue weighted by Crippen LogP contribution is 2.27. The van der Waals surface area contributed by atoms with E-state index >= 15 is 0 Å². The largest absolute Gasteiger partial charge is 0.456 e. The van der Waals surface area contributed by atoms with Gasteiger partial charge in [-0.3, -0.25) is 5.10 Å². The van der Waals surface area contributed by atoms with Crippen LogP contribution in [0.15, 0.2) is 53.2 Å². The van der Waals surface area contributed by atoms with E-state index < -0.39 is 0 Å². The van der Waals surface area contributed by atoms with Crippen molar-refractivity contribution in [3.63, 3.8) is 0 Å². The van der Waals surface area contributed by atoms with Crippen LogP contribution in [0.5, 0.6) is 0 Å². The molecular formula is C13H9FN2O. The Morgan fingerprint density at radius 2 is 1.65 bits per heavy atom. The first-order valence-corrected chi connectivity index (χ1v) is 5.18. The second-order valence-corrected chi connectivity index (χ2v) is 3.66. The number of rotatable bonds is 2. The number of furan rings is 1. The maximum absolute atomic E-state index is 12.8. The summed E-state index contributed by atoms with van der Waals surface area (Å²) in [6.45, 7) is 0. The van der Waals surface area contributed by atoms with Gasteiger partial charge in [0.25, 0.3) is 0 Å². The highest BCUT2D eigenvalue weighted by atomic mass is 19.1. The van der Waals surface area contributed by atoms with Crippen LogP contribution >= 0.6 is 0 Å². The standard InChI is InChI=1S/C13H9FN2O/c14-11-3-1-9(2-4-11)12-5-6-13(17-12)10-7-15-16-8-10/h1-8H,(H,15,16). The van der Waals surface area contributed by atoms with E-state index in [1.807, 2.05) is 12.1 Å². The summed E-state index contributed by atoms with van der Waals surface area (Å²) in [6.07, 6.45) is 3.44. The third-order valence-electron chi connectivity index (χ3n) is 2.52. The summed E-state index contributed by atoms with van der Waals surface area (Å²) >= 11 is 0. The summed E-state index contributed by atoms with van der Waals surface area (Å²) in [5, 5.41) is 6.58. The van der Waals surface area contributed by atoms with E-state index in [9.17, 15) is 4.39 Å². The van der Waals surface area contributed by atoms with Crippen LogP contribution < -0.4 is 0 Å². The molecule has 1 N–H and O–H groups in total. The molecule has 0 aliphatic heterocycles. The van der Waals surface area contributed by atoms with Gasteiger partial charge in [0.15, 0.2) is 0 Å². The minimum atomic E-state index is -0.254. The van der Waals surface area contributed by atoms with E-state index in [0.717, 1.165) is 16.9 Å². The van der Waals surface area contributed by atoms with Gasteiger partial charge < -0.3 is 4.42 Å². The first-order valence-electron chi connectivity index (χ1n) is 5.18. The van der Waals surface area contributed by atoms with Gasteiger partial charge in [-0.25, -0.2) is 4.39 Å². The summed E-state index contributed by atoms with van der Waals surface area (Å²) < 4.78 is 18.5. The van der Waals surface area contributed by atoms with Gasteiger partial charge in [-0.2, -0.15) is 5.10 Å². The molecule has 0 radical (unpaired) electrons. The Balaban J connectivity index is 1.98. The molecule has 0 unspecified atom stereocenters. The third-order valence-corrected chi connectivity index (χ3v) is 2.52. The van der Waals surface area contributed by atoms with Crippen LogP contribution in [0, 0.1) is 5.82 Å². The predicted molar refractivity (Wildman–Crippen MR) is 61.7 cm³/mol. The normalized spacial score (nSPS) is 10.6. The zero-order valence-corrected chi connectivity index (χ0v) is 8.85. The van der Waals surface area contributed by atoms with E-state index in [0.29, 0.717) is 5.76 Å². The fourth-order valence-corrected chi connectivity index (χ4v) is 1.65. The van der Waals surface area contributed by atoms with Crippen molar-refractivity contribution in [1.82, 2.24) is 10.2 Å². The van der Waals surface area contributed by atoms with Gasteiger partial charge >= 0.3 is 0 Å². The average molecular weight is 228 g/mol. The van der Waals surface area contributed by atoms with Gasteiger partial charge in [-0.05, 0) is 36.4 Å². The molecule has 0 aliphatic rings. The lowest BCUT2D eigenvalue weighted by atomic mass is 10.2. The molecule has 0 atom stereocenters. The second kappa shape index (κ2) is 3.90. The minimum absolute atomic E-state index is 0.254. The quantitative estimate of drug-likeness (QED) is 0.729. The van der Waals surface area contributed by atoms with Crippen molar-refractivity contribution in [3.8, 4) is 22.6 Å². The lowest BCUT2D eigenvalue weighted by Crippen LogP contribution is -1.75. The second-order valence-electron chi connectivity index (χ2n) is 3.66. The predicted octanol–water partition coefficient (Wildman–Crippen LogP) is 3.48. The molecule has 0 amide bonds. The Morgan fingerprint density at radius 3 is 2.29 bits per heavy atom. The van der Waals surface area contributed by atoms with Crippen LogP contribution in [0.3, 0.4) is 0 Å². The van der Waals surface area contributed by atoms with Gasteiger partial charge in [0.2, 0.25) is 0 Å². The molecule has 0 saturated carbocycles. The highest BCUT2D eigenvalue weighted by molar-refractivity contribution is 5.63. The lowest BCUT2D eigenvalue weighted by Gasteiger charge is -1.96. The first kappa shape index (κ1) is 9.84. The highest BCUT2D eigenvalue weighted by Gasteiger charge is 2.07. The molecule has 3 nitrogen and oxygen atoms in total. The number of hydrogen-bond donors (Lipinski definition) is 1. The van der Waals surface area contributed by atoms with Crippen molar-refractivity contribution in [2.24, 2.45) is 0 Å². The molecular weight excluding hydrogens is 219 g/mol. The van der Waals surface area contributed by atoms with Crippen LogP contribution in [-0.2, 0) is 0 Å². The van der Waals surface area contributed by atoms with E-state index in [4.69, 9.17) is 4.42 Å². The molecule has 0 spiro atoms. The van der Waals surface area contributed by atoms with Crippen molar-refractivity contribution in [2.75, 3.05) is 0 Å². The number of aromatic amines is 1. The van der Waals surface area contributed by atoms with Crippen LogP contribution in [0.1, 0.15) is 0 Å². The van der Waals surface area contributed by atoms with E-state index in [1.165, 1.54) is 12.1 Å². The smallest absolute Gasteiger partial charge is 0.137 e. The lowest BCUT2D eigenvalue weighted by molar-refractivity contribution is 0.596. The van der Waals surface area contributed by atoms with Crippen molar-refractivity contribution in [2.45, 2.75) is 0 Å². The Kier molecular flexibility index (Phi) is 2.26. The zero-order valence-electron chi connectivity index (χ0n) is 8.85. The summed E-state index contributed by atoms with van der Waals surface area (Å²) in [6, 6.07) is 9.92. The molecule has 84 valence electrons. The summed E-state index contributed by atoms with van der Waals surface area (Å²) in [5.74, 6) is 1.19.